The van der Waals surface area contributed by atoms with E-state index in [2.05, 4.69) is 31.0 Å². The molecule has 0 saturated heterocycles. The van der Waals surface area contributed by atoms with Crippen LogP contribution in [0.15, 0.2) is 21.7 Å². The lowest BCUT2D eigenvalue weighted by Crippen LogP contribution is -2.47. The molecule has 3 rings (SSSR count). The van der Waals surface area contributed by atoms with Crippen LogP contribution in [0.5, 0.6) is 0 Å². The van der Waals surface area contributed by atoms with Gasteiger partial charge in [0.2, 0.25) is 0 Å². The number of aromatic nitrogens is 3. The Bertz CT molecular complexity index is 808. The Balaban J connectivity index is 1.36. The fraction of sp³-hybridized carbons (Fsp3) is 0.556. The van der Waals surface area contributed by atoms with E-state index >= 15 is 0 Å². The van der Waals surface area contributed by atoms with E-state index in [0.717, 1.165) is 49.0 Å². The summed E-state index contributed by atoms with van der Waals surface area (Å²) >= 11 is 0. The molecule has 1 aliphatic rings. The summed E-state index contributed by atoms with van der Waals surface area (Å²) in [7, 11) is 1.75. The Morgan fingerprint density at radius 1 is 1.37 bits per heavy atom. The zero-order valence-corrected chi connectivity index (χ0v) is 16.1. The van der Waals surface area contributed by atoms with Crippen LogP contribution in [0.1, 0.15) is 40.6 Å². The number of guanidine groups is 1. The Hall–Kier alpha value is -2.84. The van der Waals surface area contributed by atoms with Crippen LogP contribution in [0.25, 0.3) is 0 Å². The summed E-state index contributed by atoms with van der Waals surface area (Å²) in [6, 6.07) is 2.05. The van der Waals surface area contributed by atoms with E-state index in [0.29, 0.717) is 18.8 Å². The lowest BCUT2D eigenvalue weighted by atomic mass is 10.1. The molecule has 1 amide bonds. The fourth-order valence-corrected chi connectivity index (χ4v) is 3.12. The van der Waals surface area contributed by atoms with Gasteiger partial charge in [0.05, 0.1) is 12.8 Å². The average Bonchev–Trinajstić information content (AvgIpc) is 3.24. The van der Waals surface area contributed by atoms with Gasteiger partial charge in [0.1, 0.15) is 11.6 Å². The van der Waals surface area contributed by atoms with Gasteiger partial charge in [-0.2, -0.15) is 5.10 Å². The van der Waals surface area contributed by atoms with Crippen molar-refractivity contribution < 1.29 is 9.21 Å². The third-order valence-corrected chi connectivity index (χ3v) is 4.53. The van der Waals surface area contributed by atoms with Crippen LogP contribution in [-0.2, 0) is 13.0 Å². The predicted octanol–water partition coefficient (Wildman–Crippen LogP) is 0.788. The highest BCUT2D eigenvalue weighted by atomic mass is 16.3. The van der Waals surface area contributed by atoms with Gasteiger partial charge in [-0.25, -0.2) is 9.67 Å². The maximum atomic E-state index is 12.0. The molecule has 1 unspecified atom stereocenters. The van der Waals surface area contributed by atoms with E-state index < -0.39 is 0 Å². The second kappa shape index (κ2) is 8.70. The highest BCUT2D eigenvalue weighted by Crippen LogP contribution is 2.12. The quantitative estimate of drug-likeness (QED) is 0.392. The lowest BCUT2D eigenvalue weighted by molar-refractivity contribution is 0.0925. The molecule has 27 heavy (non-hydrogen) atoms. The van der Waals surface area contributed by atoms with Crippen molar-refractivity contribution in [1.82, 2.24) is 30.7 Å². The van der Waals surface area contributed by atoms with Crippen LogP contribution in [0.2, 0.25) is 0 Å². The van der Waals surface area contributed by atoms with Crippen molar-refractivity contribution in [2.75, 3.05) is 20.1 Å². The number of aliphatic imine (C=N–C) groups is 1. The molecular formula is C18H27N7O2. The molecule has 0 fully saturated rings. The van der Waals surface area contributed by atoms with Crippen molar-refractivity contribution in [2.24, 2.45) is 4.99 Å². The molecule has 9 nitrogen and oxygen atoms in total. The molecule has 0 spiro atoms. The summed E-state index contributed by atoms with van der Waals surface area (Å²) in [5, 5.41) is 14.0. The number of amides is 1. The molecular weight excluding hydrogens is 346 g/mol. The minimum Gasteiger partial charge on any atom is -0.459 e. The molecule has 0 radical (unpaired) electrons. The first kappa shape index (κ1) is 18.9. The number of furan rings is 1. The lowest BCUT2D eigenvalue weighted by Gasteiger charge is -2.25. The van der Waals surface area contributed by atoms with Crippen molar-refractivity contribution in [3.05, 3.63) is 35.3 Å². The largest absolute Gasteiger partial charge is 0.459 e. The molecule has 2 aromatic heterocycles. The third kappa shape index (κ3) is 4.87. The smallest absolute Gasteiger partial charge is 0.287 e. The SMILES string of the molecule is CN=C(NCCCNC(=O)c1occc1C)NC1CCc2nc(C)nn2C1. The molecule has 0 aromatic carbocycles. The van der Waals surface area contributed by atoms with E-state index in [1.165, 1.54) is 6.26 Å². The molecule has 2 aromatic rings. The van der Waals surface area contributed by atoms with Crippen molar-refractivity contribution >= 4 is 11.9 Å². The molecule has 146 valence electrons. The number of carbonyl (C=O) groups is 1. The number of hydrogen-bond donors (Lipinski definition) is 3. The van der Waals surface area contributed by atoms with Gasteiger partial charge in [0.15, 0.2) is 11.7 Å². The average molecular weight is 373 g/mol. The summed E-state index contributed by atoms with van der Waals surface area (Å²) in [4.78, 5) is 20.7. The highest BCUT2D eigenvalue weighted by molar-refractivity contribution is 5.92. The summed E-state index contributed by atoms with van der Waals surface area (Å²) in [5.74, 6) is 2.83. The molecule has 1 atom stereocenters. The number of carbonyl (C=O) groups excluding carboxylic acids is 1. The summed E-state index contributed by atoms with van der Waals surface area (Å²) in [5.41, 5.74) is 0.841. The van der Waals surface area contributed by atoms with Gasteiger partial charge < -0.3 is 20.4 Å². The van der Waals surface area contributed by atoms with E-state index in [1.807, 2.05) is 18.5 Å². The van der Waals surface area contributed by atoms with E-state index in [1.54, 1.807) is 13.1 Å². The van der Waals surface area contributed by atoms with E-state index in [4.69, 9.17) is 4.42 Å². The third-order valence-electron chi connectivity index (χ3n) is 4.53. The van der Waals surface area contributed by atoms with Crippen molar-refractivity contribution in [3.8, 4) is 0 Å². The van der Waals surface area contributed by atoms with Gasteiger partial charge in [0.25, 0.3) is 5.91 Å². The number of rotatable bonds is 6. The fourth-order valence-electron chi connectivity index (χ4n) is 3.12. The first-order valence-corrected chi connectivity index (χ1v) is 9.26. The van der Waals surface area contributed by atoms with Gasteiger partial charge in [-0.05, 0) is 32.8 Å². The first-order chi connectivity index (χ1) is 13.1. The first-order valence-electron chi connectivity index (χ1n) is 9.26. The number of hydrogen-bond acceptors (Lipinski definition) is 5. The van der Waals surface area contributed by atoms with Crippen molar-refractivity contribution in [2.45, 2.75) is 45.7 Å². The predicted molar refractivity (Wildman–Crippen MR) is 102 cm³/mol. The van der Waals surface area contributed by atoms with Crippen molar-refractivity contribution in [1.29, 1.82) is 0 Å². The minimum atomic E-state index is -0.179. The Kier molecular flexibility index (Phi) is 6.10. The van der Waals surface area contributed by atoms with Gasteiger partial charge in [0, 0.05) is 38.2 Å². The molecule has 0 saturated carbocycles. The highest BCUT2D eigenvalue weighted by Gasteiger charge is 2.21. The number of fused-ring (bicyclic) bond motifs is 1. The zero-order valence-electron chi connectivity index (χ0n) is 16.1. The van der Waals surface area contributed by atoms with Crippen LogP contribution in [0, 0.1) is 13.8 Å². The van der Waals surface area contributed by atoms with E-state index in [9.17, 15) is 4.79 Å². The topological polar surface area (TPSA) is 109 Å². The minimum absolute atomic E-state index is 0.179. The van der Waals surface area contributed by atoms with Crippen LogP contribution in [0.3, 0.4) is 0 Å². The standard InChI is InChI=1S/C18H27N7O2/c1-12-7-10-27-16(12)17(26)20-8-4-9-21-18(19-3)23-14-5-6-15-22-13(2)24-25(15)11-14/h7,10,14H,4-6,8-9,11H2,1-3H3,(H,20,26)(H2,19,21,23). The maximum Gasteiger partial charge on any atom is 0.287 e. The summed E-state index contributed by atoms with van der Waals surface area (Å²) in [6.45, 7) is 5.83. The Labute approximate surface area is 158 Å². The second-order valence-corrected chi connectivity index (χ2v) is 6.68. The van der Waals surface area contributed by atoms with Gasteiger partial charge >= 0.3 is 0 Å². The second-order valence-electron chi connectivity index (χ2n) is 6.68. The number of nitrogens with one attached hydrogen (secondary N) is 3. The van der Waals surface area contributed by atoms with Crippen molar-refractivity contribution in [3.63, 3.8) is 0 Å². The molecule has 1 aliphatic heterocycles. The normalized spacial score (nSPS) is 16.7. The van der Waals surface area contributed by atoms with Gasteiger partial charge in [-0.3, -0.25) is 9.79 Å². The zero-order chi connectivity index (χ0) is 19.2. The maximum absolute atomic E-state index is 12.0. The van der Waals surface area contributed by atoms with Crippen LogP contribution in [-0.4, -0.2) is 52.8 Å². The van der Waals surface area contributed by atoms with Crippen LogP contribution < -0.4 is 16.0 Å². The molecule has 9 heteroatoms. The molecule has 0 bridgehead atoms. The number of aryl methyl sites for hydroxylation is 3. The number of nitrogens with zero attached hydrogens (tertiary/aromatic N) is 4. The van der Waals surface area contributed by atoms with Crippen LogP contribution >= 0.6 is 0 Å². The Morgan fingerprint density at radius 2 is 2.19 bits per heavy atom. The molecule has 3 N–H and O–H groups in total. The van der Waals surface area contributed by atoms with Gasteiger partial charge in [-0.15, -0.1) is 0 Å². The molecule has 3 heterocycles. The summed E-state index contributed by atoms with van der Waals surface area (Å²) < 4.78 is 7.15. The van der Waals surface area contributed by atoms with Crippen LogP contribution in [0.4, 0.5) is 0 Å². The van der Waals surface area contributed by atoms with Gasteiger partial charge in [-0.1, -0.05) is 0 Å². The van der Waals surface area contributed by atoms with E-state index in [-0.39, 0.29) is 11.9 Å². The monoisotopic (exact) mass is 373 g/mol. The Morgan fingerprint density at radius 3 is 2.93 bits per heavy atom. The summed E-state index contributed by atoms with van der Waals surface area (Å²) in [6.07, 6.45) is 4.21. The molecule has 0 aliphatic carbocycles.